The van der Waals surface area contributed by atoms with Crippen molar-refractivity contribution < 1.29 is 14.4 Å². The first kappa shape index (κ1) is 12.2. The Bertz CT molecular complexity index is 293. The van der Waals surface area contributed by atoms with E-state index in [0.717, 1.165) is 12.8 Å². The third-order valence-electron chi connectivity index (χ3n) is 4.04. The largest absolute Gasteiger partial charge is 0.490 e. The van der Waals surface area contributed by atoms with Crippen LogP contribution >= 0.6 is 0 Å². The fourth-order valence-corrected chi connectivity index (χ4v) is 2.16. The lowest BCUT2D eigenvalue weighted by Crippen LogP contribution is -2.41. The van der Waals surface area contributed by atoms with Gasteiger partial charge >= 0.3 is 7.12 Å². The molecular weight excluding hydrogens is 203 g/mol. The van der Waals surface area contributed by atoms with Gasteiger partial charge in [0.15, 0.2) is 0 Å². The lowest BCUT2D eigenvalue weighted by molar-refractivity contribution is 0.00578. The summed E-state index contributed by atoms with van der Waals surface area (Å²) in [5.41, 5.74) is 0.656. The quantitative estimate of drug-likeness (QED) is 0.728. The summed E-state index contributed by atoms with van der Waals surface area (Å²) in [6.07, 6.45) is 4.10. The van der Waals surface area contributed by atoms with Crippen molar-refractivity contribution in [2.45, 2.75) is 51.7 Å². The van der Waals surface area contributed by atoms with Gasteiger partial charge in [-0.25, -0.2) is 0 Å². The first-order chi connectivity index (χ1) is 7.36. The van der Waals surface area contributed by atoms with Gasteiger partial charge in [0.1, 0.15) is 0 Å². The van der Waals surface area contributed by atoms with E-state index in [-0.39, 0.29) is 30.8 Å². The summed E-state index contributed by atoms with van der Waals surface area (Å²) in [6, 6.07) is 0. The topological polar surface area (TPSA) is 38.7 Å². The summed E-state index contributed by atoms with van der Waals surface area (Å²) in [4.78, 5) is 0. The van der Waals surface area contributed by atoms with Crippen molar-refractivity contribution >= 4 is 7.12 Å². The Morgan fingerprint density at radius 3 is 2.31 bits per heavy atom. The molecule has 0 aromatic rings. The first-order valence-corrected chi connectivity index (χ1v) is 6.03. The molecular formula is C12H21BO3. The molecule has 1 N–H and O–H groups in total. The number of hydrogen-bond acceptors (Lipinski definition) is 3. The van der Waals surface area contributed by atoms with Crippen molar-refractivity contribution in [2.75, 3.05) is 6.61 Å². The van der Waals surface area contributed by atoms with Gasteiger partial charge in [0.05, 0.1) is 11.2 Å². The summed E-state index contributed by atoms with van der Waals surface area (Å²) in [5.74, 6) is 0.286. The van der Waals surface area contributed by atoms with Crippen molar-refractivity contribution in [1.82, 2.24) is 0 Å². The fourth-order valence-electron chi connectivity index (χ4n) is 2.16. The molecule has 0 bridgehead atoms. The van der Waals surface area contributed by atoms with Crippen LogP contribution in [0.1, 0.15) is 40.5 Å². The van der Waals surface area contributed by atoms with Crippen LogP contribution in [0.2, 0.25) is 0 Å². The lowest BCUT2D eigenvalue weighted by atomic mass is 9.78. The molecule has 1 fully saturated rings. The molecule has 3 nitrogen and oxygen atoms in total. The van der Waals surface area contributed by atoms with Gasteiger partial charge in [-0.15, -0.1) is 0 Å². The number of allylic oxidation sites excluding steroid dienone is 1. The molecule has 1 saturated heterocycles. The summed E-state index contributed by atoms with van der Waals surface area (Å²) in [5, 5.41) is 9.11. The van der Waals surface area contributed by atoms with E-state index in [9.17, 15) is 0 Å². The standard InChI is InChI=1S/C12H21BO3/c1-11(2)12(3,4)16-13(15-11)10-6-5-9(7-10)8-14/h7,9,14H,5-6,8H2,1-4H3. The Labute approximate surface area is 98.0 Å². The molecule has 2 rings (SSSR count). The Morgan fingerprint density at radius 1 is 1.31 bits per heavy atom. The maximum atomic E-state index is 9.11. The predicted molar refractivity (Wildman–Crippen MR) is 64.0 cm³/mol. The molecule has 0 amide bonds. The monoisotopic (exact) mass is 224 g/mol. The van der Waals surface area contributed by atoms with Gasteiger partial charge in [0.25, 0.3) is 0 Å². The smallest absolute Gasteiger partial charge is 0.400 e. The minimum Gasteiger partial charge on any atom is -0.400 e. The Hall–Kier alpha value is -0.315. The molecule has 0 aromatic carbocycles. The number of aliphatic hydroxyl groups excluding tert-OH is 1. The van der Waals surface area contributed by atoms with E-state index in [4.69, 9.17) is 14.4 Å². The van der Waals surface area contributed by atoms with E-state index < -0.39 is 0 Å². The molecule has 0 spiro atoms. The highest BCUT2D eigenvalue weighted by Gasteiger charge is 2.52. The van der Waals surface area contributed by atoms with Gasteiger partial charge in [-0.05, 0) is 51.9 Å². The van der Waals surface area contributed by atoms with E-state index in [0.29, 0.717) is 0 Å². The van der Waals surface area contributed by atoms with Gasteiger partial charge in [0.2, 0.25) is 0 Å². The molecule has 90 valence electrons. The number of rotatable bonds is 2. The summed E-state index contributed by atoms with van der Waals surface area (Å²) in [7, 11) is -0.221. The second-order valence-electron chi connectivity index (χ2n) is 5.81. The van der Waals surface area contributed by atoms with Crippen LogP contribution in [0.4, 0.5) is 0 Å². The highest BCUT2D eigenvalue weighted by atomic mass is 16.7. The van der Waals surface area contributed by atoms with Gasteiger partial charge < -0.3 is 14.4 Å². The van der Waals surface area contributed by atoms with Gasteiger partial charge in [-0.2, -0.15) is 0 Å². The molecule has 16 heavy (non-hydrogen) atoms. The zero-order valence-corrected chi connectivity index (χ0v) is 10.6. The van der Waals surface area contributed by atoms with Crippen molar-refractivity contribution in [3.05, 3.63) is 11.5 Å². The van der Waals surface area contributed by atoms with Gasteiger partial charge in [0, 0.05) is 6.61 Å². The van der Waals surface area contributed by atoms with E-state index in [1.807, 2.05) is 0 Å². The maximum absolute atomic E-state index is 9.11. The molecule has 2 aliphatic rings. The van der Waals surface area contributed by atoms with Crippen LogP contribution in [0, 0.1) is 5.92 Å². The molecule has 0 aromatic heterocycles. The van der Waals surface area contributed by atoms with Crippen LogP contribution in [0.25, 0.3) is 0 Å². The predicted octanol–water partition coefficient (Wildman–Crippen LogP) is 1.95. The summed E-state index contributed by atoms with van der Waals surface area (Å²) >= 11 is 0. The molecule has 1 atom stereocenters. The number of hydrogen-bond donors (Lipinski definition) is 1. The third kappa shape index (κ3) is 1.94. The van der Waals surface area contributed by atoms with E-state index in [1.165, 1.54) is 5.47 Å². The molecule has 1 heterocycles. The van der Waals surface area contributed by atoms with Gasteiger partial charge in [-0.3, -0.25) is 0 Å². The minimum absolute atomic E-state index is 0.221. The molecule has 0 saturated carbocycles. The molecule has 1 aliphatic carbocycles. The average molecular weight is 224 g/mol. The lowest BCUT2D eigenvalue weighted by Gasteiger charge is -2.32. The van der Waals surface area contributed by atoms with Crippen LogP contribution in [0.3, 0.4) is 0 Å². The summed E-state index contributed by atoms with van der Waals surface area (Å²) in [6.45, 7) is 8.47. The highest BCUT2D eigenvalue weighted by Crippen LogP contribution is 2.40. The molecule has 1 aliphatic heterocycles. The van der Waals surface area contributed by atoms with Crippen LogP contribution < -0.4 is 0 Å². The zero-order chi connectivity index (χ0) is 12.0. The average Bonchev–Trinajstić information content (AvgIpc) is 2.70. The Morgan fingerprint density at radius 2 is 1.88 bits per heavy atom. The second kappa shape index (κ2) is 3.86. The SMILES string of the molecule is CC1(C)OB(C2=CC(CO)CC2)OC1(C)C. The fraction of sp³-hybridized carbons (Fsp3) is 0.833. The second-order valence-corrected chi connectivity index (χ2v) is 5.81. The molecule has 0 radical (unpaired) electrons. The van der Waals surface area contributed by atoms with Crippen LogP contribution in [0.5, 0.6) is 0 Å². The number of aliphatic hydroxyl groups is 1. The zero-order valence-electron chi connectivity index (χ0n) is 10.6. The highest BCUT2D eigenvalue weighted by molar-refractivity contribution is 6.54. The van der Waals surface area contributed by atoms with Crippen LogP contribution in [0.15, 0.2) is 11.5 Å². The van der Waals surface area contributed by atoms with Crippen molar-refractivity contribution in [2.24, 2.45) is 5.92 Å². The third-order valence-corrected chi connectivity index (χ3v) is 4.04. The van der Waals surface area contributed by atoms with Crippen molar-refractivity contribution in [3.8, 4) is 0 Å². The van der Waals surface area contributed by atoms with Crippen LogP contribution in [-0.4, -0.2) is 30.0 Å². The van der Waals surface area contributed by atoms with Crippen LogP contribution in [-0.2, 0) is 9.31 Å². The molecule has 4 heteroatoms. The summed E-state index contributed by atoms with van der Waals surface area (Å²) < 4.78 is 11.9. The van der Waals surface area contributed by atoms with Crippen molar-refractivity contribution in [1.29, 1.82) is 0 Å². The Balaban J connectivity index is 2.10. The minimum atomic E-state index is -0.268. The molecule has 1 unspecified atom stereocenters. The van der Waals surface area contributed by atoms with Crippen molar-refractivity contribution in [3.63, 3.8) is 0 Å². The Kier molecular flexibility index (Phi) is 2.93. The van der Waals surface area contributed by atoms with Gasteiger partial charge in [-0.1, -0.05) is 6.08 Å². The first-order valence-electron chi connectivity index (χ1n) is 6.03. The normalized spacial score (nSPS) is 31.9. The maximum Gasteiger partial charge on any atom is 0.490 e. The van der Waals surface area contributed by atoms with E-state index >= 15 is 0 Å². The van der Waals surface area contributed by atoms with E-state index in [2.05, 4.69) is 33.8 Å². The van der Waals surface area contributed by atoms with E-state index in [1.54, 1.807) is 0 Å².